The third-order valence-corrected chi connectivity index (χ3v) is 7.47. The number of anilines is 1. The molecule has 1 aliphatic heterocycles. The van der Waals surface area contributed by atoms with Crippen molar-refractivity contribution in [3.63, 3.8) is 0 Å². The van der Waals surface area contributed by atoms with Crippen LogP contribution in [-0.4, -0.2) is 59.3 Å². The first-order chi connectivity index (χ1) is 16.1. The lowest BCUT2D eigenvalue weighted by Gasteiger charge is -2.27. The number of aryl methyl sites for hydroxylation is 1. The number of hydrogen-bond acceptors (Lipinski definition) is 8. The number of fused-ring (bicyclic) bond motifs is 2. The highest BCUT2D eigenvalue weighted by Gasteiger charge is 2.26. The van der Waals surface area contributed by atoms with Crippen LogP contribution < -0.4 is 21.1 Å². The summed E-state index contributed by atoms with van der Waals surface area (Å²) in [6.07, 6.45) is 1.56. The van der Waals surface area contributed by atoms with Crippen molar-refractivity contribution in [3.05, 3.63) is 41.3 Å². The molecule has 0 spiro atoms. The van der Waals surface area contributed by atoms with Crippen LogP contribution in [0.25, 0.3) is 26.0 Å². The van der Waals surface area contributed by atoms with E-state index in [-0.39, 0.29) is 37.2 Å². The van der Waals surface area contributed by atoms with Crippen LogP contribution in [0.3, 0.4) is 0 Å². The van der Waals surface area contributed by atoms with E-state index in [1.807, 2.05) is 4.52 Å². The number of benzene rings is 1. The first-order valence-electron chi connectivity index (χ1n) is 11.5. The predicted molar refractivity (Wildman–Crippen MR) is 157 cm³/mol. The number of hydrogen-bond donors (Lipinski definition) is 3. The van der Waals surface area contributed by atoms with Gasteiger partial charge in [0.05, 0.1) is 17.5 Å². The highest BCUT2D eigenvalue weighted by molar-refractivity contribution is 7.22. The summed E-state index contributed by atoms with van der Waals surface area (Å²) >= 11 is 1.74. The van der Waals surface area contributed by atoms with Gasteiger partial charge in [-0.15, -0.1) is 48.6 Å². The van der Waals surface area contributed by atoms with Gasteiger partial charge in [-0.25, -0.2) is 9.50 Å². The number of nitrogens with zero attached hydrogens (tertiary/aromatic N) is 4. The zero-order valence-corrected chi connectivity index (χ0v) is 23.9. The number of nitrogens with one attached hydrogen (secondary N) is 2. The molecule has 4 N–H and O–H groups in total. The van der Waals surface area contributed by atoms with E-state index >= 15 is 0 Å². The van der Waals surface area contributed by atoms with Crippen LogP contribution in [0.4, 0.5) is 5.82 Å². The summed E-state index contributed by atoms with van der Waals surface area (Å²) in [5.41, 5.74) is 12.1. The second kappa shape index (κ2) is 13.1. The summed E-state index contributed by atoms with van der Waals surface area (Å²) in [4.78, 5) is 8.00. The molecule has 3 aromatic heterocycles. The number of halogens is 3. The largest absolute Gasteiger partial charge is 0.495 e. The minimum atomic E-state index is 0. The van der Waals surface area contributed by atoms with Crippen molar-refractivity contribution in [2.24, 2.45) is 0 Å². The number of ether oxygens (including phenoxy) is 1. The number of rotatable bonds is 7. The Labute approximate surface area is 234 Å². The highest BCUT2D eigenvalue weighted by Crippen LogP contribution is 2.44. The lowest BCUT2D eigenvalue weighted by molar-refractivity contribution is 0.228. The predicted octanol–water partition coefficient (Wildman–Crippen LogP) is 4.29. The fourth-order valence-corrected chi connectivity index (χ4v) is 5.92. The average molecular weight is 575 g/mol. The molecule has 8 nitrogen and oxygen atoms in total. The number of piperazine rings is 1. The third kappa shape index (κ3) is 5.67. The van der Waals surface area contributed by atoms with Gasteiger partial charge < -0.3 is 21.1 Å². The maximum atomic E-state index is 6.48. The number of nitrogens with two attached hydrogens (primary N) is 1. The zero-order valence-electron chi connectivity index (χ0n) is 20.7. The first-order valence-corrected chi connectivity index (χ1v) is 12.3. The zero-order chi connectivity index (χ0) is 22.9. The number of aromatic nitrogens is 3. The molecule has 4 heterocycles. The van der Waals surface area contributed by atoms with Crippen LogP contribution in [-0.2, 0) is 13.1 Å². The average Bonchev–Trinajstić information content (AvgIpc) is 3.37. The second-order valence-electron chi connectivity index (χ2n) is 8.51. The van der Waals surface area contributed by atoms with Crippen LogP contribution in [0.1, 0.15) is 23.7 Å². The number of thiophene rings is 1. The van der Waals surface area contributed by atoms with Crippen molar-refractivity contribution >= 4 is 70.0 Å². The fourth-order valence-electron chi connectivity index (χ4n) is 4.71. The lowest BCUT2D eigenvalue weighted by atomic mass is 10.1. The Bertz CT molecular complexity index is 1300. The van der Waals surface area contributed by atoms with Crippen molar-refractivity contribution < 1.29 is 4.74 Å². The fraction of sp³-hybridized carbons (Fsp3) is 0.417. The van der Waals surface area contributed by atoms with E-state index in [1.54, 1.807) is 24.8 Å². The van der Waals surface area contributed by atoms with Gasteiger partial charge in [-0.1, -0.05) is 13.0 Å². The Balaban J connectivity index is 0.00000152. The minimum absolute atomic E-state index is 0. The maximum Gasteiger partial charge on any atom is 0.152 e. The quantitative estimate of drug-likeness (QED) is 0.303. The summed E-state index contributed by atoms with van der Waals surface area (Å²) in [7, 11) is 1.73. The molecule has 1 aromatic carbocycles. The third-order valence-electron chi connectivity index (χ3n) is 6.29. The van der Waals surface area contributed by atoms with Gasteiger partial charge in [0.15, 0.2) is 5.82 Å². The normalized spacial score (nSPS) is 13.8. The summed E-state index contributed by atoms with van der Waals surface area (Å²) in [5, 5.41) is 12.8. The number of methoxy groups -OCH3 is 1. The van der Waals surface area contributed by atoms with Gasteiger partial charge in [0.1, 0.15) is 17.6 Å². The molecule has 0 saturated carbocycles. The van der Waals surface area contributed by atoms with Gasteiger partial charge in [0.2, 0.25) is 0 Å². The molecule has 5 rings (SSSR count). The van der Waals surface area contributed by atoms with Crippen LogP contribution >= 0.6 is 48.6 Å². The monoisotopic (exact) mass is 573 g/mol. The molecule has 36 heavy (non-hydrogen) atoms. The van der Waals surface area contributed by atoms with Gasteiger partial charge in [-0.2, -0.15) is 5.10 Å². The van der Waals surface area contributed by atoms with Gasteiger partial charge in [-0.3, -0.25) is 4.90 Å². The van der Waals surface area contributed by atoms with Crippen molar-refractivity contribution in [1.29, 1.82) is 0 Å². The second-order valence-corrected chi connectivity index (χ2v) is 9.56. The lowest BCUT2D eigenvalue weighted by Crippen LogP contribution is -2.43. The van der Waals surface area contributed by atoms with Crippen molar-refractivity contribution in [3.8, 4) is 16.2 Å². The van der Waals surface area contributed by atoms with Crippen LogP contribution in [0, 0.1) is 6.92 Å². The first kappa shape index (κ1) is 30.4. The van der Waals surface area contributed by atoms with Gasteiger partial charge >= 0.3 is 0 Å². The Kier molecular flexibility index (Phi) is 11.0. The van der Waals surface area contributed by atoms with Crippen molar-refractivity contribution in [2.75, 3.05) is 45.6 Å². The van der Waals surface area contributed by atoms with Crippen molar-refractivity contribution in [1.82, 2.24) is 30.1 Å². The molecule has 0 unspecified atom stereocenters. The Hall–Kier alpha value is -1.85. The van der Waals surface area contributed by atoms with Gasteiger partial charge in [-0.05, 0) is 42.1 Å². The summed E-state index contributed by atoms with van der Waals surface area (Å²) in [5.74, 6) is 1.41. The molecule has 198 valence electrons. The van der Waals surface area contributed by atoms with Crippen molar-refractivity contribution in [2.45, 2.75) is 26.9 Å². The Morgan fingerprint density at radius 2 is 1.92 bits per heavy atom. The highest BCUT2D eigenvalue weighted by atomic mass is 35.5. The summed E-state index contributed by atoms with van der Waals surface area (Å²) in [6.45, 7) is 10.7. The molecular weight excluding hydrogens is 541 g/mol. The molecule has 12 heteroatoms. The molecule has 4 aromatic rings. The van der Waals surface area contributed by atoms with E-state index < -0.39 is 0 Å². The van der Waals surface area contributed by atoms with Crippen LogP contribution in [0.2, 0.25) is 0 Å². The SMILES string of the molecule is CCNCc1c(-c2cc3cc(C)cc(OC)c3s2)c2c(N)ncnn2c1CN1CCNCC1.Cl.Cl.Cl. The van der Waals surface area contributed by atoms with Gasteiger partial charge in [0, 0.05) is 49.7 Å². The van der Waals surface area contributed by atoms with E-state index in [0.29, 0.717) is 5.82 Å². The maximum absolute atomic E-state index is 6.48. The standard InChI is InChI=1S/C24H31N7OS.3ClH/c1-4-26-12-17-18(13-30-7-5-27-6-8-30)31-22(24(25)28-14-29-31)21(17)20-11-16-9-15(2)10-19(32-3)23(16)33-20;;;/h9-11,14,26-27H,4-8,12-13H2,1-3H3,(H2,25,28,29);3*1H. The van der Waals surface area contributed by atoms with Gasteiger partial charge in [0.25, 0.3) is 0 Å². The molecule has 0 radical (unpaired) electrons. The summed E-state index contributed by atoms with van der Waals surface area (Å²) in [6, 6.07) is 6.55. The molecule has 1 saturated heterocycles. The molecule has 1 aliphatic rings. The molecule has 1 fully saturated rings. The van der Waals surface area contributed by atoms with Crippen LogP contribution in [0.5, 0.6) is 5.75 Å². The molecule has 0 aliphatic carbocycles. The molecule has 0 bridgehead atoms. The minimum Gasteiger partial charge on any atom is -0.495 e. The molecule has 0 amide bonds. The van der Waals surface area contributed by atoms with Crippen LogP contribution in [0.15, 0.2) is 24.5 Å². The summed E-state index contributed by atoms with van der Waals surface area (Å²) < 4.78 is 8.86. The van der Waals surface area contributed by atoms with E-state index in [2.05, 4.69) is 57.7 Å². The molecule has 0 atom stereocenters. The number of nitrogen functional groups attached to an aromatic ring is 1. The Morgan fingerprint density at radius 1 is 1.17 bits per heavy atom. The smallest absolute Gasteiger partial charge is 0.152 e. The van der Waals surface area contributed by atoms with E-state index in [9.17, 15) is 0 Å². The van der Waals surface area contributed by atoms with E-state index in [4.69, 9.17) is 10.5 Å². The molecular formula is C24H34Cl3N7OS. The Morgan fingerprint density at radius 3 is 2.61 bits per heavy atom. The van der Waals surface area contributed by atoms with E-state index in [0.717, 1.165) is 72.2 Å². The van der Waals surface area contributed by atoms with E-state index in [1.165, 1.54) is 22.2 Å². The topological polar surface area (TPSA) is 92.7 Å².